The van der Waals surface area contributed by atoms with Gasteiger partial charge in [0.05, 0.1) is 18.3 Å². The van der Waals surface area contributed by atoms with Gasteiger partial charge in [-0.05, 0) is 17.7 Å². The van der Waals surface area contributed by atoms with Crippen LogP contribution in [0.4, 0.5) is 4.39 Å². The Morgan fingerprint density at radius 1 is 1.29 bits per heavy atom. The van der Waals surface area contributed by atoms with Crippen LogP contribution >= 0.6 is 0 Å². The third kappa shape index (κ3) is 2.84. The van der Waals surface area contributed by atoms with Gasteiger partial charge in [0.2, 0.25) is 0 Å². The van der Waals surface area contributed by atoms with Crippen molar-refractivity contribution in [3.63, 3.8) is 0 Å². The number of aromatic nitrogens is 4. The van der Waals surface area contributed by atoms with Crippen molar-refractivity contribution in [2.24, 2.45) is 0 Å². The number of nitrogens with zero attached hydrogens (tertiary/aromatic N) is 4. The van der Waals surface area contributed by atoms with E-state index in [-0.39, 0.29) is 5.82 Å². The molecule has 0 saturated heterocycles. The molecule has 0 aliphatic rings. The molecule has 0 saturated carbocycles. The van der Waals surface area contributed by atoms with E-state index in [1.54, 1.807) is 35.4 Å². The molecule has 1 aromatic carbocycles. The Bertz CT molecular complexity index is 770. The van der Waals surface area contributed by atoms with Crippen molar-refractivity contribution in [1.29, 1.82) is 0 Å². The van der Waals surface area contributed by atoms with Gasteiger partial charge in [0.1, 0.15) is 17.2 Å². The number of carbonyl (C=O) groups excluding carboxylic acids is 1. The molecule has 6 heteroatoms. The van der Waals surface area contributed by atoms with Crippen LogP contribution in [-0.2, 0) is 6.54 Å². The van der Waals surface area contributed by atoms with E-state index in [1.165, 1.54) is 18.3 Å². The maximum atomic E-state index is 13.2. The van der Waals surface area contributed by atoms with Gasteiger partial charge in [0, 0.05) is 18.6 Å². The fraction of sp³-hybridized carbons (Fsp3) is 0.0667. The first kappa shape index (κ1) is 13.1. The molecular weight excluding hydrogens is 271 g/mol. The van der Waals surface area contributed by atoms with Crippen molar-refractivity contribution < 1.29 is 9.18 Å². The van der Waals surface area contributed by atoms with E-state index in [9.17, 15) is 9.18 Å². The standard InChI is InChI=1S/C15H11FN4O/c16-13-3-1-2-11(6-13)8-20-9-12(10-21)15(19-20)14-7-17-4-5-18-14/h1-7,9-10H,8H2. The lowest BCUT2D eigenvalue weighted by Gasteiger charge is -2.01. The maximum Gasteiger partial charge on any atom is 0.153 e. The highest BCUT2D eigenvalue weighted by atomic mass is 19.1. The SMILES string of the molecule is O=Cc1cn(Cc2cccc(F)c2)nc1-c1cnccn1. The Morgan fingerprint density at radius 3 is 2.90 bits per heavy atom. The van der Waals surface area contributed by atoms with Gasteiger partial charge in [-0.3, -0.25) is 19.4 Å². The number of aldehydes is 1. The van der Waals surface area contributed by atoms with E-state index < -0.39 is 0 Å². The highest BCUT2D eigenvalue weighted by molar-refractivity contribution is 5.84. The summed E-state index contributed by atoms with van der Waals surface area (Å²) in [6.07, 6.45) is 6.96. The van der Waals surface area contributed by atoms with Crippen molar-refractivity contribution in [3.8, 4) is 11.4 Å². The highest BCUT2D eigenvalue weighted by Gasteiger charge is 2.12. The van der Waals surface area contributed by atoms with Crippen LogP contribution in [0.15, 0.2) is 49.1 Å². The van der Waals surface area contributed by atoms with Crippen LogP contribution in [0.3, 0.4) is 0 Å². The molecule has 104 valence electrons. The second kappa shape index (κ2) is 5.62. The van der Waals surface area contributed by atoms with Crippen molar-refractivity contribution in [1.82, 2.24) is 19.7 Å². The first-order valence-corrected chi connectivity index (χ1v) is 6.30. The number of hydrogen-bond donors (Lipinski definition) is 0. The topological polar surface area (TPSA) is 60.7 Å². The Morgan fingerprint density at radius 2 is 2.19 bits per heavy atom. The second-order valence-electron chi connectivity index (χ2n) is 4.47. The molecule has 21 heavy (non-hydrogen) atoms. The average Bonchev–Trinajstić information content (AvgIpc) is 2.91. The predicted octanol–water partition coefficient (Wildman–Crippen LogP) is 2.34. The van der Waals surface area contributed by atoms with Crippen LogP contribution in [0.5, 0.6) is 0 Å². The minimum Gasteiger partial charge on any atom is -0.298 e. The van der Waals surface area contributed by atoms with Crippen LogP contribution < -0.4 is 0 Å². The molecule has 0 amide bonds. The molecule has 2 aromatic heterocycles. The summed E-state index contributed by atoms with van der Waals surface area (Å²) in [6, 6.07) is 6.25. The number of hydrogen-bond acceptors (Lipinski definition) is 4. The van der Waals surface area contributed by atoms with Gasteiger partial charge in [-0.1, -0.05) is 12.1 Å². The van der Waals surface area contributed by atoms with Crippen molar-refractivity contribution in [2.45, 2.75) is 6.54 Å². The summed E-state index contributed by atoms with van der Waals surface area (Å²) in [5, 5.41) is 4.34. The number of halogens is 1. The molecule has 0 spiro atoms. The molecule has 3 aromatic rings. The zero-order chi connectivity index (χ0) is 14.7. The predicted molar refractivity (Wildman–Crippen MR) is 74.1 cm³/mol. The lowest BCUT2D eigenvalue weighted by atomic mass is 10.2. The minimum atomic E-state index is -0.301. The summed E-state index contributed by atoms with van der Waals surface area (Å²) < 4.78 is 14.8. The molecule has 0 fully saturated rings. The van der Waals surface area contributed by atoms with E-state index >= 15 is 0 Å². The Labute approximate surface area is 120 Å². The average molecular weight is 282 g/mol. The van der Waals surface area contributed by atoms with Crippen molar-refractivity contribution in [2.75, 3.05) is 0 Å². The summed E-state index contributed by atoms with van der Waals surface area (Å²) in [4.78, 5) is 19.3. The molecule has 2 heterocycles. The number of rotatable bonds is 4. The molecule has 0 radical (unpaired) electrons. The fourth-order valence-electron chi connectivity index (χ4n) is 2.05. The molecule has 0 bridgehead atoms. The summed E-state index contributed by atoms with van der Waals surface area (Å²) >= 11 is 0. The monoisotopic (exact) mass is 282 g/mol. The minimum absolute atomic E-state index is 0.301. The largest absolute Gasteiger partial charge is 0.298 e. The molecule has 0 unspecified atom stereocenters. The summed E-state index contributed by atoms with van der Waals surface area (Å²) in [7, 11) is 0. The number of benzene rings is 1. The Balaban J connectivity index is 1.95. The normalized spacial score (nSPS) is 10.5. The van der Waals surface area contributed by atoms with Gasteiger partial charge in [0.15, 0.2) is 6.29 Å². The lowest BCUT2D eigenvalue weighted by molar-refractivity contribution is 0.112. The molecular formula is C15H11FN4O. The Kier molecular flexibility index (Phi) is 3.51. The quantitative estimate of drug-likeness (QED) is 0.689. The zero-order valence-electron chi connectivity index (χ0n) is 11.0. The van der Waals surface area contributed by atoms with E-state index in [0.29, 0.717) is 23.5 Å². The van der Waals surface area contributed by atoms with Crippen LogP contribution in [0.2, 0.25) is 0 Å². The van der Waals surface area contributed by atoms with Gasteiger partial charge >= 0.3 is 0 Å². The van der Waals surface area contributed by atoms with Crippen molar-refractivity contribution >= 4 is 6.29 Å². The van der Waals surface area contributed by atoms with E-state index in [2.05, 4.69) is 15.1 Å². The van der Waals surface area contributed by atoms with Crippen LogP contribution in [0, 0.1) is 5.82 Å². The summed E-state index contributed by atoms with van der Waals surface area (Å²) in [5.41, 5.74) is 2.18. The molecule has 3 rings (SSSR count). The van der Waals surface area contributed by atoms with Crippen molar-refractivity contribution in [3.05, 3.63) is 66.0 Å². The molecule has 0 aliphatic heterocycles. The van der Waals surface area contributed by atoms with Gasteiger partial charge in [-0.2, -0.15) is 5.10 Å². The van der Waals surface area contributed by atoms with Crippen LogP contribution in [0.1, 0.15) is 15.9 Å². The zero-order valence-corrected chi connectivity index (χ0v) is 11.0. The smallest absolute Gasteiger partial charge is 0.153 e. The Hall–Kier alpha value is -2.89. The number of carbonyl (C=O) groups is 1. The molecule has 5 nitrogen and oxygen atoms in total. The highest BCUT2D eigenvalue weighted by Crippen LogP contribution is 2.18. The third-order valence-corrected chi connectivity index (χ3v) is 2.96. The van der Waals surface area contributed by atoms with Gasteiger partial charge < -0.3 is 0 Å². The van der Waals surface area contributed by atoms with E-state index in [1.807, 2.05) is 0 Å². The van der Waals surface area contributed by atoms with Gasteiger partial charge in [-0.25, -0.2) is 4.39 Å². The first-order chi connectivity index (χ1) is 10.3. The molecule has 0 N–H and O–H groups in total. The summed E-state index contributed by atoms with van der Waals surface area (Å²) in [6.45, 7) is 0.374. The van der Waals surface area contributed by atoms with Gasteiger partial charge in [0.25, 0.3) is 0 Å². The van der Waals surface area contributed by atoms with E-state index in [4.69, 9.17) is 0 Å². The fourth-order valence-corrected chi connectivity index (χ4v) is 2.05. The second-order valence-corrected chi connectivity index (χ2v) is 4.47. The molecule has 0 aliphatic carbocycles. The van der Waals surface area contributed by atoms with Crippen LogP contribution in [-0.4, -0.2) is 26.0 Å². The first-order valence-electron chi connectivity index (χ1n) is 6.30. The third-order valence-electron chi connectivity index (χ3n) is 2.96. The lowest BCUT2D eigenvalue weighted by Crippen LogP contribution is -2.00. The van der Waals surface area contributed by atoms with Crippen LogP contribution in [0.25, 0.3) is 11.4 Å². The van der Waals surface area contributed by atoms with Gasteiger partial charge in [-0.15, -0.1) is 0 Å². The van der Waals surface area contributed by atoms with E-state index in [0.717, 1.165) is 11.8 Å². The maximum absolute atomic E-state index is 13.2. The molecule has 0 atom stereocenters. The summed E-state index contributed by atoms with van der Waals surface area (Å²) in [5.74, 6) is -0.301.